The van der Waals surface area contributed by atoms with Crippen LogP contribution in [0.4, 0.5) is 0 Å². The molecular formula is C18H27N3O3S. The number of carbonyl (C=O) groups is 1. The summed E-state index contributed by atoms with van der Waals surface area (Å²) in [6.07, 6.45) is 4.94. The van der Waals surface area contributed by atoms with Crippen molar-refractivity contribution in [1.82, 2.24) is 9.21 Å². The average Bonchev–Trinajstić information content (AvgIpc) is 3.31. The zero-order valence-corrected chi connectivity index (χ0v) is 15.4. The summed E-state index contributed by atoms with van der Waals surface area (Å²) in [6.45, 7) is 2.54. The van der Waals surface area contributed by atoms with Gasteiger partial charge < -0.3 is 10.6 Å². The van der Waals surface area contributed by atoms with Gasteiger partial charge in [-0.15, -0.1) is 0 Å². The predicted molar refractivity (Wildman–Crippen MR) is 96.5 cm³/mol. The van der Waals surface area contributed by atoms with E-state index in [-0.39, 0.29) is 11.9 Å². The summed E-state index contributed by atoms with van der Waals surface area (Å²) in [5.74, 6) is 0.140. The number of amides is 1. The molecule has 2 N–H and O–H groups in total. The second kappa shape index (κ2) is 7.85. The lowest BCUT2D eigenvalue weighted by molar-refractivity contribution is -0.131. The molecule has 0 aliphatic carbocycles. The Morgan fingerprint density at radius 1 is 1.08 bits per heavy atom. The number of aryl methyl sites for hydroxylation is 1. The van der Waals surface area contributed by atoms with E-state index in [4.69, 9.17) is 5.73 Å². The van der Waals surface area contributed by atoms with Gasteiger partial charge in [-0.05, 0) is 49.8 Å². The molecule has 7 heteroatoms. The fourth-order valence-corrected chi connectivity index (χ4v) is 5.23. The van der Waals surface area contributed by atoms with Crippen molar-refractivity contribution < 1.29 is 13.2 Å². The molecule has 1 aromatic carbocycles. The maximum Gasteiger partial charge on any atom is 0.243 e. The highest BCUT2D eigenvalue weighted by Gasteiger charge is 2.28. The van der Waals surface area contributed by atoms with Gasteiger partial charge in [-0.1, -0.05) is 12.1 Å². The number of benzene rings is 1. The van der Waals surface area contributed by atoms with E-state index in [9.17, 15) is 13.2 Å². The molecule has 0 spiro atoms. The number of hydrogen-bond donors (Lipinski definition) is 1. The van der Waals surface area contributed by atoms with Crippen LogP contribution in [-0.2, 0) is 21.2 Å². The van der Waals surface area contributed by atoms with Crippen LogP contribution < -0.4 is 5.73 Å². The van der Waals surface area contributed by atoms with Crippen LogP contribution in [0.2, 0.25) is 0 Å². The molecule has 1 unspecified atom stereocenters. The molecule has 0 saturated carbocycles. The summed E-state index contributed by atoms with van der Waals surface area (Å²) < 4.78 is 26.6. The summed E-state index contributed by atoms with van der Waals surface area (Å²) >= 11 is 0. The molecule has 2 aliphatic rings. The van der Waals surface area contributed by atoms with E-state index in [1.807, 2.05) is 17.0 Å². The molecule has 25 heavy (non-hydrogen) atoms. The van der Waals surface area contributed by atoms with E-state index in [2.05, 4.69) is 0 Å². The molecule has 2 aliphatic heterocycles. The number of nitrogens with two attached hydrogens (primary N) is 1. The molecule has 6 nitrogen and oxygen atoms in total. The molecule has 2 saturated heterocycles. The van der Waals surface area contributed by atoms with Gasteiger partial charge in [-0.2, -0.15) is 4.31 Å². The minimum absolute atomic E-state index is 0.140. The van der Waals surface area contributed by atoms with Crippen LogP contribution in [0.5, 0.6) is 0 Å². The van der Waals surface area contributed by atoms with Gasteiger partial charge in [-0.3, -0.25) is 4.79 Å². The number of likely N-dealkylation sites (tertiary alicyclic amines) is 1. The van der Waals surface area contributed by atoms with E-state index < -0.39 is 10.0 Å². The number of carbonyl (C=O) groups excluding carboxylic acids is 1. The van der Waals surface area contributed by atoms with Crippen molar-refractivity contribution in [3.05, 3.63) is 29.8 Å². The van der Waals surface area contributed by atoms with E-state index in [0.717, 1.165) is 37.8 Å². The lowest BCUT2D eigenvalue weighted by Gasteiger charge is -2.23. The molecule has 0 bridgehead atoms. The average molecular weight is 365 g/mol. The van der Waals surface area contributed by atoms with Crippen LogP contribution in [-0.4, -0.2) is 55.8 Å². The zero-order chi connectivity index (χ0) is 17.9. The van der Waals surface area contributed by atoms with E-state index in [1.54, 1.807) is 16.4 Å². The Kier molecular flexibility index (Phi) is 5.76. The van der Waals surface area contributed by atoms with Crippen molar-refractivity contribution in [2.24, 2.45) is 5.73 Å². The van der Waals surface area contributed by atoms with Crippen molar-refractivity contribution in [1.29, 1.82) is 0 Å². The molecule has 0 aromatic heterocycles. The highest BCUT2D eigenvalue weighted by Crippen LogP contribution is 2.22. The van der Waals surface area contributed by atoms with Crippen molar-refractivity contribution in [3.8, 4) is 0 Å². The van der Waals surface area contributed by atoms with Crippen LogP contribution in [0.15, 0.2) is 29.2 Å². The number of rotatable bonds is 6. The Labute approximate surface area is 150 Å². The lowest BCUT2D eigenvalue weighted by atomic mass is 10.1. The first-order valence-electron chi connectivity index (χ1n) is 9.11. The van der Waals surface area contributed by atoms with Crippen molar-refractivity contribution >= 4 is 15.9 Å². The van der Waals surface area contributed by atoms with Gasteiger partial charge in [0, 0.05) is 38.6 Å². The Hall–Kier alpha value is -1.44. The number of nitrogens with zero attached hydrogens (tertiary/aromatic N) is 2. The van der Waals surface area contributed by atoms with Gasteiger partial charge in [0.1, 0.15) is 0 Å². The Morgan fingerprint density at radius 2 is 1.76 bits per heavy atom. The molecule has 1 atom stereocenters. The number of hydrogen-bond acceptors (Lipinski definition) is 4. The van der Waals surface area contributed by atoms with Crippen LogP contribution in [0.1, 0.15) is 37.7 Å². The normalized spacial score (nSPS) is 21.8. The van der Waals surface area contributed by atoms with Crippen molar-refractivity contribution in [2.75, 3.05) is 26.2 Å². The third-order valence-electron chi connectivity index (χ3n) is 5.22. The Balaban J connectivity index is 1.58. The predicted octanol–water partition coefficient (Wildman–Crippen LogP) is 1.35. The van der Waals surface area contributed by atoms with Gasteiger partial charge in [0.05, 0.1) is 4.90 Å². The second-order valence-electron chi connectivity index (χ2n) is 6.87. The zero-order valence-electron chi connectivity index (χ0n) is 14.6. The van der Waals surface area contributed by atoms with Gasteiger partial charge in [0.25, 0.3) is 0 Å². The minimum Gasteiger partial charge on any atom is -0.338 e. The van der Waals surface area contributed by atoms with Crippen LogP contribution in [0.3, 0.4) is 0 Å². The first-order chi connectivity index (χ1) is 12.0. The molecule has 1 amide bonds. The van der Waals surface area contributed by atoms with E-state index in [0.29, 0.717) is 37.4 Å². The number of sulfonamides is 1. The highest BCUT2D eigenvalue weighted by atomic mass is 32.2. The summed E-state index contributed by atoms with van der Waals surface area (Å²) in [7, 11) is -3.37. The molecular weight excluding hydrogens is 338 g/mol. The summed E-state index contributed by atoms with van der Waals surface area (Å²) in [6, 6.07) is 7.14. The summed E-state index contributed by atoms with van der Waals surface area (Å²) in [4.78, 5) is 14.6. The molecule has 138 valence electrons. The van der Waals surface area contributed by atoms with Gasteiger partial charge >= 0.3 is 0 Å². The molecule has 2 heterocycles. The minimum atomic E-state index is -3.37. The third kappa shape index (κ3) is 4.04. The van der Waals surface area contributed by atoms with Crippen molar-refractivity contribution in [3.63, 3.8) is 0 Å². The smallest absolute Gasteiger partial charge is 0.243 e. The fourth-order valence-electron chi connectivity index (χ4n) is 3.71. The second-order valence-corrected chi connectivity index (χ2v) is 8.81. The molecule has 1 aromatic rings. The summed E-state index contributed by atoms with van der Waals surface area (Å²) in [5, 5.41) is 0. The molecule has 2 fully saturated rings. The highest BCUT2D eigenvalue weighted by molar-refractivity contribution is 7.89. The fraction of sp³-hybridized carbons (Fsp3) is 0.611. The third-order valence-corrected chi connectivity index (χ3v) is 7.14. The standard InChI is InChI=1S/C18H27N3O3S/c19-14-16-4-3-13-21(16)18(22)10-7-15-5-8-17(9-6-15)25(23,24)20-11-1-2-12-20/h5-6,8-9,16H,1-4,7,10-14,19H2. The summed E-state index contributed by atoms with van der Waals surface area (Å²) in [5.41, 5.74) is 6.71. The van der Waals surface area contributed by atoms with E-state index >= 15 is 0 Å². The lowest BCUT2D eigenvalue weighted by Crippen LogP contribution is -2.39. The maximum absolute atomic E-state index is 12.5. The molecule has 3 rings (SSSR count). The van der Waals surface area contributed by atoms with Crippen LogP contribution >= 0.6 is 0 Å². The monoisotopic (exact) mass is 365 g/mol. The SMILES string of the molecule is NCC1CCCN1C(=O)CCc1ccc(S(=O)(=O)N2CCCC2)cc1. The van der Waals surface area contributed by atoms with Crippen LogP contribution in [0.25, 0.3) is 0 Å². The van der Waals surface area contributed by atoms with Crippen LogP contribution in [0, 0.1) is 0 Å². The van der Waals surface area contributed by atoms with Gasteiger partial charge in [0.15, 0.2) is 0 Å². The maximum atomic E-state index is 12.5. The molecule has 0 radical (unpaired) electrons. The largest absolute Gasteiger partial charge is 0.338 e. The topological polar surface area (TPSA) is 83.7 Å². The first kappa shape index (κ1) is 18.4. The quantitative estimate of drug-likeness (QED) is 0.825. The first-order valence-corrected chi connectivity index (χ1v) is 10.5. The van der Waals surface area contributed by atoms with Gasteiger partial charge in [-0.25, -0.2) is 8.42 Å². The van der Waals surface area contributed by atoms with E-state index in [1.165, 1.54) is 0 Å². The Bertz CT molecular complexity index is 697. The van der Waals surface area contributed by atoms with Crippen molar-refractivity contribution in [2.45, 2.75) is 49.5 Å². The van der Waals surface area contributed by atoms with Gasteiger partial charge in [0.2, 0.25) is 15.9 Å². The Morgan fingerprint density at radius 3 is 2.40 bits per heavy atom.